The second-order valence-electron chi connectivity index (χ2n) is 6.57. The number of hydrogen-bond donors (Lipinski definition) is 2. The number of halogens is 1. The molecule has 1 aromatic heterocycles. The minimum atomic E-state index is -3.52. The molecule has 0 aliphatic carbocycles. The van der Waals surface area contributed by atoms with E-state index in [1.165, 1.54) is 24.7 Å². The van der Waals surface area contributed by atoms with Crippen LogP contribution >= 0.6 is 11.6 Å². The molecule has 3 N–H and O–H groups in total. The first-order valence-corrected chi connectivity index (χ1v) is 11.8. The second kappa shape index (κ2) is 12.1. The van der Waals surface area contributed by atoms with E-state index < -0.39 is 21.6 Å². The smallest absolute Gasteiger partial charge is 0.339 e. The van der Waals surface area contributed by atoms with Crippen LogP contribution in [0.1, 0.15) is 15.9 Å². The molecule has 0 saturated heterocycles. The van der Waals surface area contributed by atoms with Gasteiger partial charge in [-0.15, -0.1) is 6.58 Å². The van der Waals surface area contributed by atoms with Gasteiger partial charge >= 0.3 is 5.97 Å². The van der Waals surface area contributed by atoms with Gasteiger partial charge in [-0.25, -0.2) is 13.2 Å². The molecule has 9 heteroatoms. The Morgan fingerprint density at radius 3 is 2.41 bits per heavy atom. The van der Waals surface area contributed by atoms with Gasteiger partial charge in [0.25, 0.3) is 0 Å². The Balaban J connectivity index is 0.000000439. The molecule has 1 heterocycles. The molecule has 0 saturated carbocycles. The summed E-state index contributed by atoms with van der Waals surface area (Å²) in [5.74, 6) is -1.87. The number of rotatable bonds is 9. The van der Waals surface area contributed by atoms with Crippen LogP contribution in [0.2, 0.25) is 5.02 Å². The Hall–Kier alpha value is -3.07. The summed E-state index contributed by atoms with van der Waals surface area (Å²) in [6.07, 6.45) is 4.16. The van der Waals surface area contributed by atoms with Crippen molar-refractivity contribution >= 4 is 27.4 Å². The van der Waals surface area contributed by atoms with Crippen LogP contribution in [-0.2, 0) is 15.6 Å². The van der Waals surface area contributed by atoms with E-state index in [1.54, 1.807) is 12.1 Å². The van der Waals surface area contributed by atoms with Crippen molar-refractivity contribution in [3.63, 3.8) is 0 Å². The third-order valence-corrected chi connectivity index (χ3v) is 5.88. The third kappa shape index (κ3) is 7.26. The van der Waals surface area contributed by atoms with E-state index in [0.29, 0.717) is 11.1 Å². The zero-order valence-electron chi connectivity index (χ0n) is 17.2. The molecule has 3 rings (SSSR count). The van der Waals surface area contributed by atoms with Crippen LogP contribution in [0.4, 0.5) is 0 Å². The van der Waals surface area contributed by atoms with Gasteiger partial charge in [-0.1, -0.05) is 48.0 Å². The van der Waals surface area contributed by atoms with Gasteiger partial charge in [-0.05, 0) is 23.8 Å². The highest BCUT2D eigenvalue weighted by Crippen LogP contribution is 2.36. The maximum absolute atomic E-state index is 12.1. The summed E-state index contributed by atoms with van der Waals surface area (Å²) in [4.78, 5) is 11.8. The number of carboxylic acid groups (broad SMARTS) is 1. The number of carbonyl (C=O) groups is 1. The third-order valence-electron chi connectivity index (χ3n) is 4.13. The average molecular weight is 478 g/mol. The molecular weight excluding hydrogens is 454 g/mol. The SMILES string of the molecule is C=CCS(=O)(=O)Cc1ccc(-c2ccoc2)c(OCCN)c1C(=O)O.Clc1ccccc1. The molecule has 0 unspecified atom stereocenters. The molecule has 32 heavy (non-hydrogen) atoms. The molecule has 0 aliphatic heterocycles. The van der Waals surface area contributed by atoms with Gasteiger partial charge in [-0.2, -0.15) is 0 Å². The fourth-order valence-electron chi connectivity index (χ4n) is 2.82. The molecule has 0 fully saturated rings. The molecular formula is C23H24ClNO6S. The first kappa shape index (κ1) is 25.2. The Kier molecular flexibility index (Phi) is 9.52. The fourth-order valence-corrected chi connectivity index (χ4v) is 4.16. The number of hydrogen-bond acceptors (Lipinski definition) is 6. The van der Waals surface area contributed by atoms with E-state index in [2.05, 4.69) is 6.58 Å². The van der Waals surface area contributed by atoms with Crippen molar-refractivity contribution in [3.05, 3.63) is 89.9 Å². The molecule has 2 aromatic carbocycles. The molecule has 0 amide bonds. The Morgan fingerprint density at radius 2 is 1.91 bits per heavy atom. The number of ether oxygens (including phenoxy) is 1. The summed E-state index contributed by atoms with van der Waals surface area (Å²) < 4.78 is 34.7. The minimum absolute atomic E-state index is 0.0747. The highest BCUT2D eigenvalue weighted by molar-refractivity contribution is 7.90. The van der Waals surface area contributed by atoms with Crippen molar-refractivity contribution in [1.82, 2.24) is 0 Å². The van der Waals surface area contributed by atoms with Crippen LogP contribution in [0.15, 0.2) is 78.1 Å². The lowest BCUT2D eigenvalue weighted by molar-refractivity contribution is 0.0691. The number of furan rings is 1. The largest absolute Gasteiger partial charge is 0.491 e. The highest BCUT2D eigenvalue weighted by Gasteiger charge is 2.24. The standard InChI is InChI=1S/C17H19NO6S.C6H5Cl/c1-2-9-25(21,22)11-13-3-4-14(12-5-7-23-10-12)16(24-8-6-18)15(13)17(19)20;7-6-4-2-1-3-5-6/h2-5,7,10H,1,6,8-9,11,18H2,(H,19,20);1-5H. The van der Waals surface area contributed by atoms with Crippen molar-refractivity contribution in [2.45, 2.75) is 5.75 Å². The summed E-state index contributed by atoms with van der Waals surface area (Å²) in [7, 11) is -3.52. The highest BCUT2D eigenvalue weighted by atomic mass is 35.5. The van der Waals surface area contributed by atoms with Crippen LogP contribution in [0, 0.1) is 0 Å². The minimum Gasteiger partial charge on any atom is -0.491 e. The monoisotopic (exact) mass is 477 g/mol. The molecule has 0 aliphatic rings. The molecule has 3 aromatic rings. The lowest BCUT2D eigenvalue weighted by atomic mass is 9.99. The molecule has 0 radical (unpaired) electrons. The number of nitrogens with two attached hydrogens (primary N) is 1. The van der Waals surface area contributed by atoms with Crippen molar-refractivity contribution in [2.24, 2.45) is 5.73 Å². The Morgan fingerprint density at radius 1 is 1.19 bits per heavy atom. The molecule has 170 valence electrons. The van der Waals surface area contributed by atoms with Crippen molar-refractivity contribution in [1.29, 1.82) is 0 Å². The van der Waals surface area contributed by atoms with Crippen molar-refractivity contribution in [2.75, 3.05) is 18.9 Å². The van der Waals surface area contributed by atoms with Crippen LogP contribution in [0.25, 0.3) is 11.1 Å². The zero-order valence-corrected chi connectivity index (χ0v) is 18.8. The lowest BCUT2D eigenvalue weighted by Crippen LogP contribution is -2.16. The predicted octanol–water partition coefficient (Wildman–Crippen LogP) is 4.42. The normalized spacial score (nSPS) is 10.7. The summed E-state index contributed by atoms with van der Waals surface area (Å²) in [6, 6.07) is 14.2. The van der Waals surface area contributed by atoms with E-state index >= 15 is 0 Å². The van der Waals surface area contributed by atoms with Gasteiger partial charge in [0.2, 0.25) is 0 Å². The topological polar surface area (TPSA) is 120 Å². The van der Waals surface area contributed by atoms with Crippen molar-refractivity contribution in [3.8, 4) is 16.9 Å². The number of benzene rings is 2. The number of aromatic carboxylic acids is 1. The summed E-state index contributed by atoms with van der Waals surface area (Å²) in [5.41, 5.74) is 6.52. The van der Waals surface area contributed by atoms with E-state index in [0.717, 1.165) is 5.02 Å². The van der Waals surface area contributed by atoms with E-state index in [1.807, 2.05) is 30.3 Å². The van der Waals surface area contributed by atoms with Gasteiger partial charge < -0.3 is 20.0 Å². The van der Waals surface area contributed by atoms with Gasteiger partial charge in [0.1, 0.15) is 17.9 Å². The second-order valence-corrected chi connectivity index (χ2v) is 9.12. The molecule has 0 atom stereocenters. The zero-order chi connectivity index (χ0) is 23.6. The van der Waals surface area contributed by atoms with Gasteiger partial charge in [0.15, 0.2) is 9.84 Å². The Labute approximate surface area is 192 Å². The summed E-state index contributed by atoms with van der Waals surface area (Å²) in [6.45, 7) is 3.68. The molecule has 7 nitrogen and oxygen atoms in total. The maximum Gasteiger partial charge on any atom is 0.339 e. The van der Waals surface area contributed by atoms with Crippen LogP contribution in [0.3, 0.4) is 0 Å². The fraction of sp³-hybridized carbons (Fsp3) is 0.174. The van der Waals surface area contributed by atoms with Crippen molar-refractivity contribution < 1.29 is 27.5 Å². The van der Waals surface area contributed by atoms with Crippen LogP contribution in [-0.4, -0.2) is 38.4 Å². The average Bonchev–Trinajstić information content (AvgIpc) is 3.27. The van der Waals surface area contributed by atoms with Gasteiger partial charge in [-0.3, -0.25) is 0 Å². The lowest BCUT2D eigenvalue weighted by Gasteiger charge is -2.16. The number of sulfone groups is 1. The first-order valence-electron chi connectivity index (χ1n) is 9.55. The summed E-state index contributed by atoms with van der Waals surface area (Å²) in [5, 5.41) is 10.4. The van der Waals surface area contributed by atoms with Gasteiger partial charge in [0, 0.05) is 22.7 Å². The first-order chi connectivity index (χ1) is 15.3. The van der Waals surface area contributed by atoms with E-state index in [4.69, 9.17) is 26.5 Å². The van der Waals surface area contributed by atoms with E-state index in [-0.39, 0.29) is 35.8 Å². The quantitative estimate of drug-likeness (QED) is 0.437. The van der Waals surface area contributed by atoms with Gasteiger partial charge in [0.05, 0.1) is 24.0 Å². The number of carboxylic acids is 1. The maximum atomic E-state index is 12.1. The molecule has 0 spiro atoms. The Bertz CT molecular complexity index is 1130. The van der Waals surface area contributed by atoms with Crippen LogP contribution < -0.4 is 10.5 Å². The summed E-state index contributed by atoms with van der Waals surface area (Å²) >= 11 is 5.54. The predicted molar refractivity (Wildman–Crippen MR) is 125 cm³/mol. The van der Waals surface area contributed by atoms with Crippen LogP contribution in [0.5, 0.6) is 5.75 Å². The molecule has 0 bridgehead atoms. The van der Waals surface area contributed by atoms with E-state index in [9.17, 15) is 18.3 Å².